The van der Waals surface area contributed by atoms with Crippen molar-refractivity contribution in [1.29, 1.82) is 0 Å². The molecule has 1 amide bonds. The number of morpholine rings is 1. The molecule has 106 valence electrons. The fourth-order valence-electron chi connectivity index (χ4n) is 1.82. The summed E-state index contributed by atoms with van der Waals surface area (Å²) in [4.78, 5) is 24.0. The van der Waals surface area contributed by atoms with Gasteiger partial charge < -0.3 is 9.64 Å². The molecule has 1 saturated heterocycles. The fraction of sp³-hybridized carbons (Fsp3) is 0.462. The van der Waals surface area contributed by atoms with Crippen LogP contribution in [0.1, 0.15) is 24.2 Å². The van der Waals surface area contributed by atoms with E-state index in [9.17, 15) is 14.9 Å². The Morgan fingerprint density at radius 2 is 1.95 bits per heavy atom. The number of hydrogen-bond donors (Lipinski definition) is 0. The lowest BCUT2D eigenvalue weighted by Gasteiger charge is -2.26. The van der Waals surface area contributed by atoms with E-state index in [1.54, 1.807) is 4.90 Å². The van der Waals surface area contributed by atoms with Crippen molar-refractivity contribution in [1.82, 2.24) is 4.90 Å². The van der Waals surface area contributed by atoms with E-state index in [2.05, 4.69) is 0 Å². The summed E-state index contributed by atoms with van der Waals surface area (Å²) in [6.45, 7) is 5.80. The molecule has 1 aromatic carbocycles. The Morgan fingerprint density at radius 3 is 2.50 bits per heavy atom. The number of nitrogens with zero attached hydrogens (tertiary/aromatic N) is 2. The average Bonchev–Trinajstić information content (AvgIpc) is 2.49. The van der Waals surface area contributed by atoms with E-state index < -0.39 is 4.92 Å². The largest absolute Gasteiger partial charge is 0.378 e. The van der Waals surface area contributed by atoms with Crippen molar-refractivity contribution in [3.8, 4) is 0 Å². The molecule has 0 aromatic heterocycles. The van der Waals surface area contributed by atoms with Gasteiger partial charge in [-0.15, -0.1) is 0 Å². The van der Waals surface area contributed by atoms with Gasteiger partial charge in [0.1, 0.15) is 13.4 Å². The van der Waals surface area contributed by atoms with Crippen LogP contribution in [-0.2, 0) is 4.74 Å². The van der Waals surface area contributed by atoms with Gasteiger partial charge in [0, 0.05) is 19.2 Å². The van der Waals surface area contributed by atoms with Crippen LogP contribution in [0.3, 0.4) is 0 Å². The smallest absolute Gasteiger partial charge is 0.281 e. The Bertz CT molecular complexity index is 487. The van der Waals surface area contributed by atoms with Gasteiger partial charge in [-0.25, -0.2) is 0 Å². The summed E-state index contributed by atoms with van der Waals surface area (Å²) in [6.07, 6.45) is 0. The standard InChI is InChI=1S/C11H11BN2O4.C2H6/c12-8-1-2-9(10(7-8)14(16)17)11(15)13-3-5-18-6-4-13;1-2/h1-2,7H,3-6H2;1-2H3. The number of carbonyl (C=O) groups excluding carboxylic acids is 1. The summed E-state index contributed by atoms with van der Waals surface area (Å²) in [5.41, 5.74) is 0.0721. The molecule has 0 N–H and O–H groups in total. The Kier molecular flexibility index (Phi) is 6.18. The first-order valence-corrected chi connectivity index (χ1v) is 6.50. The van der Waals surface area contributed by atoms with Gasteiger partial charge in [-0.2, -0.15) is 0 Å². The van der Waals surface area contributed by atoms with Crippen molar-refractivity contribution < 1.29 is 14.5 Å². The van der Waals surface area contributed by atoms with E-state index in [4.69, 9.17) is 12.6 Å². The highest BCUT2D eigenvalue weighted by Gasteiger charge is 2.25. The molecular formula is C13H17BN2O4. The summed E-state index contributed by atoms with van der Waals surface area (Å²) in [5, 5.41) is 10.9. The average molecular weight is 276 g/mol. The van der Waals surface area contributed by atoms with Gasteiger partial charge >= 0.3 is 0 Å². The first-order valence-electron chi connectivity index (χ1n) is 6.50. The van der Waals surface area contributed by atoms with Crippen LogP contribution in [-0.4, -0.2) is 49.9 Å². The number of amides is 1. The van der Waals surface area contributed by atoms with E-state index in [-0.39, 0.29) is 22.6 Å². The van der Waals surface area contributed by atoms with Gasteiger partial charge in [0.05, 0.1) is 18.1 Å². The lowest BCUT2D eigenvalue weighted by Crippen LogP contribution is -2.41. The van der Waals surface area contributed by atoms with E-state index in [0.29, 0.717) is 26.3 Å². The molecule has 2 radical (unpaired) electrons. The molecule has 7 heteroatoms. The third-order valence-corrected chi connectivity index (χ3v) is 2.75. The van der Waals surface area contributed by atoms with E-state index >= 15 is 0 Å². The van der Waals surface area contributed by atoms with Crippen LogP contribution in [0.15, 0.2) is 18.2 Å². The number of ether oxygens (including phenoxy) is 1. The second kappa shape index (κ2) is 7.64. The normalized spacial score (nSPS) is 14.2. The molecule has 1 fully saturated rings. The molecule has 2 rings (SSSR count). The van der Waals surface area contributed by atoms with E-state index in [1.165, 1.54) is 18.2 Å². The predicted molar refractivity (Wildman–Crippen MR) is 76.6 cm³/mol. The number of nitro benzene ring substituents is 1. The van der Waals surface area contributed by atoms with Crippen LogP contribution in [0.2, 0.25) is 0 Å². The van der Waals surface area contributed by atoms with Crippen LogP contribution >= 0.6 is 0 Å². The Morgan fingerprint density at radius 1 is 1.35 bits per heavy atom. The Hall–Kier alpha value is -1.89. The van der Waals surface area contributed by atoms with Crippen LogP contribution in [0.25, 0.3) is 0 Å². The quantitative estimate of drug-likeness (QED) is 0.457. The summed E-state index contributed by atoms with van der Waals surface area (Å²) in [6, 6.07) is 4.08. The number of rotatable bonds is 2. The zero-order valence-electron chi connectivity index (χ0n) is 11.7. The first kappa shape index (κ1) is 16.2. The SMILES string of the molecule is CC.[B]c1ccc(C(=O)N2CCOCC2)c([N+](=O)[O-])c1. The number of nitro groups is 1. The number of hydrogen-bond acceptors (Lipinski definition) is 4. The van der Waals surface area contributed by atoms with Gasteiger partial charge in [0.25, 0.3) is 11.6 Å². The molecule has 20 heavy (non-hydrogen) atoms. The highest BCUT2D eigenvalue weighted by Crippen LogP contribution is 2.19. The first-order chi connectivity index (χ1) is 9.59. The van der Waals surface area contributed by atoms with Gasteiger partial charge in [-0.05, 0) is 6.07 Å². The van der Waals surface area contributed by atoms with Crippen molar-refractivity contribution in [3.63, 3.8) is 0 Å². The van der Waals surface area contributed by atoms with Crippen molar-refractivity contribution in [2.24, 2.45) is 0 Å². The molecular weight excluding hydrogens is 259 g/mol. The van der Waals surface area contributed by atoms with Gasteiger partial charge in [0.15, 0.2) is 0 Å². The van der Waals surface area contributed by atoms with Crippen LogP contribution < -0.4 is 5.46 Å². The topological polar surface area (TPSA) is 72.7 Å². The van der Waals surface area contributed by atoms with Crippen molar-refractivity contribution in [2.45, 2.75) is 13.8 Å². The molecule has 6 nitrogen and oxygen atoms in total. The fourth-order valence-corrected chi connectivity index (χ4v) is 1.82. The molecule has 0 bridgehead atoms. The maximum Gasteiger partial charge on any atom is 0.281 e. The number of benzene rings is 1. The second-order valence-corrected chi connectivity index (χ2v) is 3.94. The lowest BCUT2D eigenvalue weighted by molar-refractivity contribution is -0.385. The third kappa shape index (κ3) is 3.80. The minimum absolute atomic E-state index is 0.0658. The summed E-state index contributed by atoms with van der Waals surface area (Å²) in [5.74, 6) is -0.356. The highest BCUT2D eigenvalue weighted by atomic mass is 16.6. The molecule has 1 aromatic rings. The van der Waals surface area contributed by atoms with E-state index in [0.717, 1.165) is 0 Å². The molecule has 1 aliphatic rings. The summed E-state index contributed by atoms with van der Waals surface area (Å²) >= 11 is 0. The van der Waals surface area contributed by atoms with Crippen LogP contribution in [0.5, 0.6) is 0 Å². The zero-order valence-corrected chi connectivity index (χ0v) is 11.7. The van der Waals surface area contributed by atoms with Crippen molar-refractivity contribution in [3.05, 3.63) is 33.9 Å². The molecule has 0 saturated carbocycles. The van der Waals surface area contributed by atoms with Crippen LogP contribution in [0, 0.1) is 10.1 Å². The number of carbonyl (C=O) groups is 1. The van der Waals surface area contributed by atoms with E-state index in [1.807, 2.05) is 13.8 Å². The molecule has 1 aliphatic heterocycles. The molecule has 0 aliphatic carbocycles. The third-order valence-electron chi connectivity index (χ3n) is 2.75. The summed E-state index contributed by atoms with van der Waals surface area (Å²) in [7, 11) is 5.49. The van der Waals surface area contributed by atoms with Crippen LogP contribution in [0.4, 0.5) is 5.69 Å². The minimum Gasteiger partial charge on any atom is -0.378 e. The van der Waals surface area contributed by atoms with Crippen molar-refractivity contribution >= 4 is 24.9 Å². The zero-order chi connectivity index (χ0) is 15.1. The highest BCUT2D eigenvalue weighted by molar-refractivity contribution is 6.32. The maximum atomic E-state index is 12.2. The van der Waals surface area contributed by atoms with Gasteiger partial charge in [0.2, 0.25) is 0 Å². The molecule has 0 spiro atoms. The van der Waals surface area contributed by atoms with Gasteiger partial charge in [-0.3, -0.25) is 14.9 Å². The lowest BCUT2D eigenvalue weighted by atomic mass is 9.94. The van der Waals surface area contributed by atoms with Gasteiger partial charge in [-0.1, -0.05) is 25.4 Å². The minimum atomic E-state index is -0.593. The molecule has 1 heterocycles. The summed E-state index contributed by atoms with van der Waals surface area (Å²) < 4.78 is 5.13. The monoisotopic (exact) mass is 276 g/mol. The molecule has 0 atom stereocenters. The molecule has 0 unspecified atom stereocenters. The predicted octanol–water partition coefficient (Wildman–Crippen LogP) is 0.887. The maximum absolute atomic E-state index is 12.2. The van der Waals surface area contributed by atoms with Crippen molar-refractivity contribution in [2.75, 3.05) is 26.3 Å². The Balaban J connectivity index is 0.000000956. The Labute approximate surface area is 119 Å². The second-order valence-electron chi connectivity index (χ2n) is 3.94.